The smallest absolute Gasteiger partial charge is 0.338 e. The predicted molar refractivity (Wildman–Crippen MR) is 171 cm³/mol. The maximum atomic E-state index is 14.2. The highest BCUT2D eigenvalue weighted by Crippen LogP contribution is 2.40. The summed E-state index contributed by atoms with van der Waals surface area (Å²) in [6.07, 6.45) is 1.67. The van der Waals surface area contributed by atoms with Gasteiger partial charge in [-0.25, -0.2) is 14.6 Å². The number of thiazole rings is 1. The Hall–Kier alpha value is -5.22. The first-order chi connectivity index (χ1) is 21.8. The lowest BCUT2D eigenvalue weighted by Crippen LogP contribution is -2.40. The zero-order valence-corrected chi connectivity index (χ0v) is 26.0. The maximum Gasteiger partial charge on any atom is 0.338 e. The molecule has 45 heavy (non-hydrogen) atoms. The number of methoxy groups -OCH3 is 1. The summed E-state index contributed by atoms with van der Waals surface area (Å²) in [5.41, 5.74) is 2.30. The summed E-state index contributed by atoms with van der Waals surface area (Å²) >= 11 is 1.21. The van der Waals surface area contributed by atoms with Gasteiger partial charge in [-0.2, -0.15) is 0 Å². The monoisotopic (exact) mass is 622 g/mol. The molecule has 228 valence electrons. The van der Waals surface area contributed by atoms with Gasteiger partial charge in [0, 0.05) is 17.2 Å². The van der Waals surface area contributed by atoms with Gasteiger partial charge in [-0.3, -0.25) is 9.36 Å². The summed E-state index contributed by atoms with van der Waals surface area (Å²) in [7, 11) is 1.57. The van der Waals surface area contributed by atoms with Crippen LogP contribution in [0.2, 0.25) is 0 Å². The minimum absolute atomic E-state index is 0.172. The predicted octanol–water partition coefficient (Wildman–Crippen LogP) is 5.40. The summed E-state index contributed by atoms with van der Waals surface area (Å²) < 4.78 is 24.3. The van der Waals surface area contributed by atoms with Gasteiger partial charge in [-0.1, -0.05) is 53.8 Å². The molecule has 3 aromatic carbocycles. The molecule has 0 saturated heterocycles. The SMILES string of the molecule is CCOC(=O)C1=C(C)N=c2s/c(=C\c3ccc(-c4ccc(C(=O)OCC)cc4)o3)c(=O)n2[C@H]1c1c(OC)ccc2ccccc12. The van der Waals surface area contributed by atoms with Crippen LogP contribution >= 0.6 is 11.3 Å². The van der Waals surface area contributed by atoms with E-state index in [-0.39, 0.29) is 23.7 Å². The van der Waals surface area contributed by atoms with Gasteiger partial charge in [-0.05, 0) is 61.9 Å². The molecule has 0 spiro atoms. The van der Waals surface area contributed by atoms with E-state index in [1.807, 2.05) is 36.4 Å². The molecule has 6 rings (SSSR count). The van der Waals surface area contributed by atoms with E-state index in [0.29, 0.717) is 50.0 Å². The first-order valence-electron chi connectivity index (χ1n) is 14.5. The van der Waals surface area contributed by atoms with Crippen molar-refractivity contribution in [3.8, 4) is 17.1 Å². The lowest BCUT2D eigenvalue weighted by molar-refractivity contribution is -0.139. The molecule has 0 fully saturated rings. The van der Waals surface area contributed by atoms with Gasteiger partial charge in [0.25, 0.3) is 5.56 Å². The van der Waals surface area contributed by atoms with Crippen LogP contribution in [-0.4, -0.2) is 36.8 Å². The Morgan fingerprint density at radius 2 is 1.69 bits per heavy atom. The summed E-state index contributed by atoms with van der Waals surface area (Å²) in [5.74, 6) is 0.640. The number of fused-ring (bicyclic) bond motifs is 2. The number of benzene rings is 3. The molecule has 0 aliphatic carbocycles. The van der Waals surface area contributed by atoms with Gasteiger partial charge in [0.2, 0.25) is 0 Å². The molecule has 2 aromatic heterocycles. The average Bonchev–Trinajstić information content (AvgIpc) is 3.64. The minimum Gasteiger partial charge on any atom is -0.496 e. The topological polar surface area (TPSA) is 109 Å². The maximum absolute atomic E-state index is 14.2. The lowest BCUT2D eigenvalue weighted by Gasteiger charge is -2.27. The highest BCUT2D eigenvalue weighted by atomic mass is 32.1. The van der Waals surface area contributed by atoms with Crippen molar-refractivity contribution in [1.82, 2.24) is 4.57 Å². The second kappa shape index (κ2) is 12.4. The standard InChI is InChI=1S/C35H30N2O7S/c1-5-42-33(39)23-13-11-22(12-14-23)26-18-16-24(44-26)19-28-32(38)37-31(29(34(40)43-6-2)20(3)36-35(37)45-28)30-25-10-8-7-9-21(25)15-17-27(30)41-4/h7-19,31H,5-6H2,1-4H3/b28-19-/t31-/m1/s1. The first-order valence-corrected chi connectivity index (χ1v) is 15.3. The Morgan fingerprint density at radius 3 is 2.42 bits per heavy atom. The van der Waals surface area contributed by atoms with Crippen LogP contribution in [0, 0.1) is 0 Å². The number of rotatable bonds is 8. The molecule has 10 heteroatoms. The van der Waals surface area contributed by atoms with Gasteiger partial charge in [0.15, 0.2) is 4.80 Å². The number of hydrogen-bond donors (Lipinski definition) is 0. The van der Waals surface area contributed by atoms with Gasteiger partial charge < -0.3 is 18.6 Å². The Morgan fingerprint density at radius 1 is 0.956 bits per heavy atom. The molecule has 0 amide bonds. The van der Waals surface area contributed by atoms with Gasteiger partial charge in [0.05, 0.1) is 41.7 Å². The fourth-order valence-corrected chi connectivity index (χ4v) is 6.53. The Labute approximate surface area is 262 Å². The number of aromatic nitrogens is 1. The van der Waals surface area contributed by atoms with Crippen LogP contribution in [0.15, 0.2) is 98.3 Å². The number of furan rings is 1. The summed E-state index contributed by atoms with van der Waals surface area (Å²) in [5, 5.41) is 1.78. The normalized spacial score (nSPS) is 14.7. The molecule has 0 unspecified atom stereocenters. The van der Waals surface area contributed by atoms with E-state index in [2.05, 4.69) is 4.99 Å². The van der Waals surface area contributed by atoms with E-state index in [9.17, 15) is 14.4 Å². The van der Waals surface area contributed by atoms with Gasteiger partial charge in [0.1, 0.15) is 23.3 Å². The summed E-state index contributed by atoms with van der Waals surface area (Å²) in [6.45, 7) is 5.72. The van der Waals surface area contributed by atoms with Crippen molar-refractivity contribution in [1.29, 1.82) is 0 Å². The molecular formula is C35H30N2O7S. The van der Waals surface area contributed by atoms with Crippen LogP contribution < -0.4 is 19.6 Å². The summed E-state index contributed by atoms with van der Waals surface area (Å²) in [4.78, 5) is 44.8. The zero-order valence-electron chi connectivity index (χ0n) is 25.2. The molecular weight excluding hydrogens is 592 g/mol. The quantitative estimate of drug-likeness (QED) is 0.213. The van der Waals surface area contributed by atoms with Gasteiger partial charge >= 0.3 is 11.9 Å². The number of hydrogen-bond acceptors (Lipinski definition) is 9. The molecule has 0 N–H and O–H groups in total. The molecule has 0 saturated carbocycles. The molecule has 9 nitrogen and oxygen atoms in total. The van der Waals surface area contributed by atoms with E-state index in [1.165, 1.54) is 15.9 Å². The number of ether oxygens (including phenoxy) is 3. The van der Waals surface area contributed by atoms with E-state index in [1.54, 1.807) is 70.4 Å². The van der Waals surface area contributed by atoms with Crippen LogP contribution in [0.3, 0.4) is 0 Å². The fraction of sp³-hybridized carbons (Fsp3) is 0.200. The van der Waals surface area contributed by atoms with Gasteiger partial charge in [-0.15, -0.1) is 0 Å². The number of carbonyl (C=O) groups excluding carboxylic acids is 2. The Kier molecular flexibility index (Phi) is 8.23. The summed E-state index contributed by atoms with van der Waals surface area (Å²) in [6, 6.07) is 21.2. The largest absolute Gasteiger partial charge is 0.496 e. The van der Waals surface area contributed by atoms with Crippen molar-refractivity contribution in [2.75, 3.05) is 20.3 Å². The molecule has 5 aromatic rings. The highest BCUT2D eigenvalue weighted by molar-refractivity contribution is 7.07. The third-order valence-electron chi connectivity index (χ3n) is 7.52. The van der Waals surface area contributed by atoms with Crippen molar-refractivity contribution in [3.63, 3.8) is 0 Å². The van der Waals surface area contributed by atoms with E-state index >= 15 is 0 Å². The second-order valence-corrected chi connectivity index (χ2v) is 11.2. The van der Waals surface area contributed by atoms with Crippen molar-refractivity contribution >= 4 is 40.1 Å². The average molecular weight is 623 g/mol. The fourth-order valence-electron chi connectivity index (χ4n) is 5.50. The zero-order chi connectivity index (χ0) is 31.7. The number of esters is 2. The molecule has 0 bridgehead atoms. The van der Waals surface area contributed by atoms with Crippen LogP contribution in [0.5, 0.6) is 5.75 Å². The molecule has 0 radical (unpaired) electrons. The number of carbonyl (C=O) groups is 2. The van der Waals surface area contributed by atoms with Crippen LogP contribution in [0.4, 0.5) is 0 Å². The van der Waals surface area contributed by atoms with E-state index in [0.717, 1.165) is 16.3 Å². The van der Waals surface area contributed by atoms with Crippen molar-refractivity contribution in [2.24, 2.45) is 4.99 Å². The Balaban J connectivity index is 1.48. The van der Waals surface area contributed by atoms with Crippen LogP contribution in [0.25, 0.3) is 28.2 Å². The third-order valence-corrected chi connectivity index (χ3v) is 8.50. The molecule has 1 aliphatic rings. The molecule has 3 heterocycles. The molecule has 1 atom stereocenters. The van der Waals surface area contributed by atoms with E-state index in [4.69, 9.17) is 18.6 Å². The van der Waals surface area contributed by atoms with Crippen LogP contribution in [0.1, 0.15) is 48.5 Å². The highest BCUT2D eigenvalue weighted by Gasteiger charge is 2.36. The Bertz CT molecular complexity index is 2150. The van der Waals surface area contributed by atoms with Crippen molar-refractivity contribution in [3.05, 3.63) is 121 Å². The van der Waals surface area contributed by atoms with Crippen LogP contribution in [-0.2, 0) is 14.3 Å². The number of allylic oxidation sites excluding steroid dienone is 1. The third kappa shape index (κ3) is 5.49. The second-order valence-electron chi connectivity index (χ2n) is 10.2. The van der Waals surface area contributed by atoms with E-state index < -0.39 is 12.0 Å². The lowest BCUT2D eigenvalue weighted by atomic mass is 9.90. The first kappa shape index (κ1) is 29.8. The van der Waals surface area contributed by atoms with Crippen molar-refractivity contribution < 1.29 is 28.2 Å². The minimum atomic E-state index is -0.839. The molecule has 1 aliphatic heterocycles. The van der Waals surface area contributed by atoms with Crippen molar-refractivity contribution in [2.45, 2.75) is 26.8 Å². The number of nitrogens with zero attached hydrogens (tertiary/aromatic N) is 2.